The molecule has 0 saturated carbocycles. The summed E-state index contributed by atoms with van der Waals surface area (Å²) in [7, 11) is 0. The fourth-order valence-corrected chi connectivity index (χ4v) is 2.75. The Morgan fingerprint density at radius 1 is 1.25 bits per heavy atom. The molecule has 0 radical (unpaired) electrons. The predicted octanol–water partition coefficient (Wildman–Crippen LogP) is 2.82. The molecule has 6 nitrogen and oxygen atoms in total. The monoisotopic (exact) mass is 332 g/mol. The molecule has 1 aromatic carbocycles. The number of rotatable bonds is 9. The highest BCUT2D eigenvalue weighted by Gasteiger charge is 2.12. The Bertz CT molecular complexity index is 708. The van der Waals surface area contributed by atoms with E-state index in [-0.39, 0.29) is 0 Å². The topological polar surface area (TPSA) is 82.6 Å². The highest BCUT2D eigenvalue weighted by molar-refractivity contribution is 5.92. The minimum absolute atomic E-state index is 0.350. The van der Waals surface area contributed by atoms with Crippen LogP contribution in [-0.2, 0) is 16.0 Å². The summed E-state index contributed by atoms with van der Waals surface area (Å²) in [6, 6.07) is 5.33. The Morgan fingerprint density at radius 3 is 2.71 bits per heavy atom. The van der Waals surface area contributed by atoms with E-state index in [2.05, 4.69) is 23.7 Å². The molecule has 130 valence electrons. The molecule has 0 aliphatic rings. The van der Waals surface area contributed by atoms with Crippen molar-refractivity contribution in [3.8, 4) is 5.75 Å². The van der Waals surface area contributed by atoms with E-state index < -0.39 is 18.4 Å². The van der Waals surface area contributed by atoms with Gasteiger partial charge in [-0.1, -0.05) is 13.8 Å². The molecule has 6 heteroatoms. The predicted molar refractivity (Wildman–Crippen MR) is 92.3 cm³/mol. The van der Waals surface area contributed by atoms with E-state index in [1.165, 1.54) is 5.56 Å². The Balaban J connectivity index is 2.05. The first-order valence-corrected chi connectivity index (χ1v) is 8.28. The van der Waals surface area contributed by atoms with Crippen molar-refractivity contribution in [2.24, 2.45) is 0 Å². The number of hydrogen-bond acceptors (Lipinski definition) is 4. The summed E-state index contributed by atoms with van der Waals surface area (Å²) in [5.41, 5.74) is 2.10. The standard InChI is InChI=1S/C18H24N2O4/c1-3-8-20(4-2)9-7-13-12-19-16-10-14(5-6-15(13)16)24-18(23)11-17(21)22/h5-6,10,12,19H,3-4,7-9,11H2,1-2H3,(H,21,22). The van der Waals surface area contributed by atoms with Crippen molar-refractivity contribution >= 4 is 22.8 Å². The molecule has 0 atom stereocenters. The van der Waals surface area contributed by atoms with Crippen molar-refractivity contribution in [1.82, 2.24) is 9.88 Å². The lowest BCUT2D eigenvalue weighted by molar-refractivity contribution is -0.145. The number of hydrogen-bond donors (Lipinski definition) is 2. The van der Waals surface area contributed by atoms with Gasteiger partial charge in [0.2, 0.25) is 0 Å². The van der Waals surface area contributed by atoms with Gasteiger partial charge in [0.15, 0.2) is 0 Å². The van der Waals surface area contributed by atoms with Gasteiger partial charge in [0.05, 0.1) is 0 Å². The third kappa shape index (κ3) is 4.83. The zero-order chi connectivity index (χ0) is 17.5. The van der Waals surface area contributed by atoms with Crippen LogP contribution in [0.3, 0.4) is 0 Å². The van der Waals surface area contributed by atoms with E-state index in [0.717, 1.165) is 43.4 Å². The number of aromatic nitrogens is 1. The normalized spacial score (nSPS) is 11.1. The van der Waals surface area contributed by atoms with E-state index in [9.17, 15) is 9.59 Å². The number of aromatic amines is 1. The van der Waals surface area contributed by atoms with Crippen molar-refractivity contribution in [3.05, 3.63) is 30.0 Å². The van der Waals surface area contributed by atoms with E-state index in [1.807, 2.05) is 12.3 Å². The number of carboxylic acids is 1. The van der Waals surface area contributed by atoms with Crippen molar-refractivity contribution in [1.29, 1.82) is 0 Å². The van der Waals surface area contributed by atoms with Crippen molar-refractivity contribution in [2.75, 3.05) is 19.6 Å². The second-order valence-electron chi connectivity index (χ2n) is 5.75. The van der Waals surface area contributed by atoms with Gasteiger partial charge in [-0.2, -0.15) is 0 Å². The summed E-state index contributed by atoms with van der Waals surface area (Å²) in [4.78, 5) is 27.5. The van der Waals surface area contributed by atoms with Gasteiger partial charge in [0.1, 0.15) is 12.2 Å². The largest absolute Gasteiger partial charge is 0.481 e. The summed E-state index contributed by atoms with van der Waals surface area (Å²) in [6.45, 7) is 7.50. The molecule has 0 aliphatic carbocycles. The molecule has 1 heterocycles. The number of carboxylic acid groups (broad SMARTS) is 1. The first kappa shape index (κ1) is 18.0. The molecular formula is C18H24N2O4. The van der Waals surface area contributed by atoms with Gasteiger partial charge in [-0.15, -0.1) is 0 Å². The smallest absolute Gasteiger partial charge is 0.322 e. The van der Waals surface area contributed by atoms with Crippen molar-refractivity contribution < 1.29 is 19.4 Å². The Labute approximate surface area is 141 Å². The number of benzene rings is 1. The van der Waals surface area contributed by atoms with Crippen LogP contribution in [0.15, 0.2) is 24.4 Å². The Morgan fingerprint density at radius 2 is 2.04 bits per heavy atom. The lowest BCUT2D eigenvalue weighted by Gasteiger charge is -2.18. The fraction of sp³-hybridized carbons (Fsp3) is 0.444. The molecule has 0 amide bonds. The van der Waals surface area contributed by atoms with Crippen LogP contribution in [0, 0.1) is 0 Å². The SMILES string of the molecule is CCCN(CC)CCc1c[nH]c2cc(OC(=O)CC(=O)O)ccc12. The van der Waals surface area contributed by atoms with Crippen LogP contribution in [0.2, 0.25) is 0 Å². The molecule has 0 aliphatic heterocycles. The maximum Gasteiger partial charge on any atom is 0.322 e. The number of nitrogens with zero attached hydrogens (tertiary/aromatic N) is 1. The second-order valence-corrected chi connectivity index (χ2v) is 5.75. The number of H-pyrrole nitrogens is 1. The maximum absolute atomic E-state index is 11.4. The van der Waals surface area contributed by atoms with Crippen molar-refractivity contribution in [3.63, 3.8) is 0 Å². The van der Waals surface area contributed by atoms with Crippen LogP contribution in [0.4, 0.5) is 0 Å². The molecule has 2 rings (SSSR count). The van der Waals surface area contributed by atoms with Gasteiger partial charge in [-0.05, 0) is 43.6 Å². The molecule has 24 heavy (non-hydrogen) atoms. The number of esters is 1. The average Bonchev–Trinajstić information content (AvgIpc) is 2.93. The molecular weight excluding hydrogens is 308 g/mol. The number of nitrogens with one attached hydrogen (secondary N) is 1. The van der Waals surface area contributed by atoms with Gasteiger partial charge in [0, 0.05) is 29.7 Å². The highest BCUT2D eigenvalue weighted by atomic mass is 16.5. The molecule has 2 N–H and O–H groups in total. The lowest BCUT2D eigenvalue weighted by atomic mass is 10.1. The number of likely N-dealkylation sites (N-methyl/N-ethyl adjacent to an activating group) is 1. The first-order chi connectivity index (χ1) is 11.5. The van der Waals surface area contributed by atoms with Crippen LogP contribution < -0.4 is 4.74 Å². The first-order valence-electron chi connectivity index (χ1n) is 8.28. The van der Waals surface area contributed by atoms with Crippen LogP contribution in [0.25, 0.3) is 10.9 Å². The molecule has 0 saturated heterocycles. The minimum Gasteiger partial charge on any atom is -0.481 e. The summed E-state index contributed by atoms with van der Waals surface area (Å²) in [6.07, 6.45) is 3.43. The van der Waals surface area contributed by atoms with Crippen molar-refractivity contribution in [2.45, 2.75) is 33.1 Å². The number of carbonyl (C=O) groups excluding carboxylic acids is 1. The van der Waals surface area contributed by atoms with Crippen LogP contribution in [0.1, 0.15) is 32.3 Å². The van der Waals surface area contributed by atoms with E-state index in [4.69, 9.17) is 9.84 Å². The van der Waals surface area contributed by atoms with Gasteiger partial charge < -0.3 is 19.7 Å². The molecule has 2 aromatic rings. The zero-order valence-corrected chi connectivity index (χ0v) is 14.2. The lowest BCUT2D eigenvalue weighted by Crippen LogP contribution is -2.26. The maximum atomic E-state index is 11.4. The quantitative estimate of drug-likeness (QED) is 0.419. The molecule has 0 unspecified atom stereocenters. The summed E-state index contributed by atoms with van der Waals surface area (Å²) in [5, 5.41) is 9.69. The number of carbonyl (C=O) groups is 2. The molecule has 1 aromatic heterocycles. The van der Waals surface area contributed by atoms with E-state index in [0.29, 0.717) is 5.75 Å². The summed E-state index contributed by atoms with van der Waals surface area (Å²) in [5.74, 6) is -1.62. The number of ether oxygens (including phenoxy) is 1. The van der Waals surface area contributed by atoms with Gasteiger partial charge in [0.25, 0.3) is 0 Å². The van der Waals surface area contributed by atoms with Gasteiger partial charge in [-0.3, -0.25) is 9.59 Å². The minimum atomic E-state index is -1.20. The Hall–Kier alpha value is -2.34. The van der Waals surface area contributed by atoms with Crippen LogP contribution >= 0.6 is 0 Å². The number of fused-ring (bicyclic) bond motifs is 1. The average molecular weight is 332 g/mol. The van der Waals surface area contributed by atoms with Gasteiger partial charge >= 0.3 is 11.9 Å². The van der Waals surface area contributed by atoms with Crippen LogP contribution in [0.5, 0.6) is 5.75 Å². The van der Waals surface area contributed by atoms with Gasteiger partial charge in [-0.25, -0.2) is 0 Å². The second kappa shape index (κ2) is 8.49. The Kier molecular flexibility index (Phi) is 6.37. The molecule has 0 bridgehead atoms. The zero-order valence-electron chi connectivity index (χ0n) is 14.2. The summed E-state index contributed by atoms with van der Waals surface area (Å²) < 4.78 is 5.04. The molecule has 0 spiro atoms. The third-order valence-corrected chi connectivity index (χ3v) is 3.95. The fourth-order valence-electron chi connectivity index (χ4n) is 2.75. The summed E-state index contributed by atoms with van der Waals surface area (Å²) >= 11 is 0. The number of aliphatic carboxylic acids is 1. The third-order valence-electron chi connectivity index (χ3n) is 3.95. The molecule has 0 fully saturated rings. The highest BCUT2D eigenvalue weighted by Crippen LogP contribution is 2.24. The van der Waals surface area contributed by atoms with E-state index >= 15 is 0 Å². The van der Waals surface area contributed by atoms with E-state index in [1.54, 1.807) is 12.1 Å². The van der Waals surface area contributed by atoms with Crippen LogP contribution in [-0.4, -0.2) is 46.6 Å².